The Kier molecular flexibility index (Phi) is 7.29. The van der Waals surface area contributed by atoms with Crippen LogP contribution in [0.4, 0.5) is 17.6 Å². The number of amides is 2. The monoisotopic (exact) mass is 422 g/mol. The lowest BCUT2D eigenvalue weighted by atomic mass is 10.0. The van der Waals surface area contributed by atoms with Crippen molar-refractivity contribution < 1.29 is 27.2 Å². The molecule has 11 heteroatoms. The van der Waals surface area contributed by atoms with Crippen molar-refractivity contribution in [3.05, 3.63) is 29.6 Å². The van der Waals surface area contributed by atoms with E-state index >= 15 is 0 Å². The Bertz CT molecular complexity index is 730. The fourth-order valence-electron chi connectivity index (χ4n) is 2.77. The molecule has 0 aromatic heterocycles. The van der Waals surface area contributed by atoms with Gasteiger partial charge < -0.3 is 10.6 Å². The molecule has 6 nitrogen and oxygen atoms in total. The summed E-state index contributed by atoms with van der Waals surface area (Å²) in [4.78, 5) is 25.6. The Labute approximate surface area is 164 Å². The number of alkyl halides is 3. The quantitative estimate of drug-likeness (QED) is 0.485. The molecular formula is C17H22F4N4O2S. The first kappa shape index (κ1) is 22.4. The summed E-state index contributed by atoms with van der Waals surface area (Å²) in [5, 5.41) is 8.41. The van der Waals surface area contributed by atoms with Gasteiger partial charge in [0.05, 0.1) is 23.4 Å². The van der Waals surface area contributed by atoms with Gasteiger partial charge in [-0.15, -0.1) is 0 Å². The Balaban J connectivity index is 2.10. The standard InChI is InChI=1S/C17H22F4N4O2S/c1-4-11(9-5-6-13(10(18)7-9)28-17(19,20)21)22-15(27)12-8-14(26)24-16(23-12)25(2)3/h5-7,11-12,16,23H,4,8H2,1-3H3,(H,22,27)(H,24,26)/t11-,12?,16?/m1/s1. The van der Waals surface area contributed by atoms with Gasteiger partial charge in [-0.25, -0.2) is 4.39 Å². The first-order valence-electron chi connectivity index (χ1n) is 8.57. The third kappa shape index (κ3) is 6.08. The molecule has 1 aliphatic rings. The molecule has 0 saturated carbocycles. The summed E-state index contributed by atoms with van der Waals surface area (Å²) in [6, 6.07) is 2.02. The van der Waals surface area contributed by atoms with Crippen molar-refractivity contribution in [2.75, 3.05) is 14.1 Å². The zero-order valence-electron chi connectivity index (χ0n) is 15.6. The van der Waals surface area contributed by atoms with Crippen molar-refractivity contribution in [2.24, 2.45) is 0 Å². The smallest absolute Gasteiger partial charge is 0.348 e. The first-order chi connectivity index (χ1) is 13.0. The second kappa shape index (κ2) is 9.10. The van der Waals surface area contributed by atoms with E-state index in [4.69, 9.17) is 0 Å². The minimum absolute atomic E-state index is 0.0534. The molecule has 1 aromatic carbocycles. The van der Waals surface area contributed by atoms with E-state index in [1.807, 2.05) is 0 Å². The molecule has 0 spiro atoms. The number of nitrogens with zero attached hydrogens (tertiary/aromatic N) is 1. The average Bonchev–Trinajstić information content (AvgIpc) is 2.59. The van der Waals surface area contributed by atoms with Crippen LogP contribution in [0.15, 0.2) is 23.1 Å². The summed E-state index contributed by atoms with van der Waals surface area (Å²) in [7, 11) is 3.47. The third-order valence-corrected chi connectivity index (χ3v) is 4.97. The van der Waals surface area contributed by atoms with Crippen molar-refractivity contribution in [1.29, 1.82) is 0 Å². The molecule has 1 aromatic rings. The summed E-state index contributed by atoms with van der Waals surface area (Å²) in [6.07, 6.45) is -0.164. The molecule has 3 atom stereocenters. The van der Waals surface area contributed by atoms with Crippen molar-refractivity contribution >= 4 is 23.6 Å². The van der Waals surface area contributed by atoms with Crippen molar-refractivity contribution in [3.8, 4) is 0 Å². The lowest BCUT2D eigenvalue weighted by Crippen LogP contribution is -2.65. The zero-order valence-corrected chi connectivity index (χ0v) is 16.4. The maximum absolute atomic E-state index is 14.1. The van der Waals surface area contributed by atoms with Crippen LogP contribution in [0.2, 0.25) is 0 Å². The Morgan fingerprint density at radius 1 is 1.39 bits per heavy atom. The van der Waals surface area contributed by atoms with Gasteiger partial charge in [0, 0.05) is 0 Å². The average molecular weight is 422 g/mol. The number of nitrogens with one attached hydrogen (secondary N) is 3. The highest BCUT2D eigenvalue weighted by Crippen LogP contribution is 2.38. The number of hydrogen-bond acceptors (Lipinski definition) is 5. The van der Waals surface area contributed by atoms with Crippen LogP contribution >= 0.6 is 11.8 Å². The molecule has 156 valence electrons. The SMILES string of the molecule is CC[C@@H](NC(=O)C1CC(=O)NC(N(C)C)N1)c1ccc(SC(F)(F)F)c(F)c1. The van der Waals surface area contributed by atoms with Gasteiger partial charge in [-0.3, -0.25) is 19.8 Å². The number of rotatable bonds is 6. The first-order valence-corrected chi connectivity index (χ1v) is 9.39. The molecule has 2 rings (SSSR count). The number of benzene rings is 1. The molecule has 1 fully saturated rings. The minimum Gasteiger partial charge on any atom is -0.348 e. The van der Waals surface area contributed by atoms with Gasteiger partial charge in [0.25, 0.3) is 0 Å². The van der Waals surface area contributed by atoms with Crippen LogP contribution in [0, 0.1) is 5.82 Å². The topological polar surface area (TPSA) is 73.5 Å². The number of carbonyl (C=O) groups is 2. The summed E-state index contributed by atoms with van der Waals surface area (Å²) in [5.41, 5.74) is -4.24. The maximum atomic E-state index is 14.1. The fourth-order valence-corrected chi connectivity index (χ4v) is 3.31. The predicted molar refractivity (Wildman–Crippen MR) is 96.6 cm³/mol. The van der Waals surface area contributed by atoms with Gasteiger partial charge in [-0.1, -0.05) is 13.0 Å². The Morgan fingerprint density at radius 3 is 2.61 bits per heavy atom. The van der Waals surface area contributed by atoms with Crippen LogP contribution in [0.1, 0.15) is 31.4 Å². The number of thioether (sulfide) groups is 1. The second-order valence-corrected chi connectivity index (χ2v) is 7.67. The molecule has 0 bridgehead atoms. The fraction of sp³-hybridized carbons (Fsp3) is 0.529. The van der Waals surface area contributed by atoms with E-state index in [1.54, 1.807) is 25.9 Å². The van der Waals surface area contributed by atoms with E-state index in [9.17, 15) is 27.2 Å². The van der Waals surface area contributed by atoms with E-state index in [0.717, 1.165) is 12.1 Å². The van der Waals surface area contributed by atoms with Crippen molar-refractivity contribution in [1.82, 2.24) is 20.9 Å². The van der Waals surface area contributed by atoms with Crippen LogP contribution in [0.3, 0.4) is 0 Å². The summed E-state index contributed by atoms with van der Waals surface area (Å²) in [5.74, 6) is -1.73. The van der Waals surface area contributed by atoms with Crippen molar-refractivity contribution in [3.63, 3.8) is 0 Å². The van der Waals surface area contributed by atoms with E-state index < -0.39 is 52.3 Å². The third-order valence-electron chi connectivity index (χ3n) is 4.19. The Hall–Kier alpha value is -1.85. The van der Waals surface area contributed by atoms with Gasteiger partial charge in [0.1, 0.15) is 12.1 Å². The lowest BCUT2D eigenvalue weighted by Gasteiger charge is -2.35. The van der Waals surface area contributed by atoms with Crippen LogP contribution in [0.5, 0.6) is 0 Å². The molecule has 3 N–H and O–H groups in total. The molecule has 0 radical (unpaired) electrons. The summed E-state index contributed by atoms with van der Waals surface area (Å²) >= 11 is -0.526. The normalized spacial score (nSPS) is 21.4. The van der Waals surface area contributed by atoms with E-state index in [0.29, 0.717) is 12.0 Å². The molecule has 1 aliphatic heterocycles. The molecule has 1 heterocycles. The van der Waals surface area contributed by atoms with Gasteiger partial charge in [0.15, 0.2) is 0 Å². The van der Waals surface area contributed by atoms with Gasteiger partial charge in [0.2, 0.25) is 11.8 Å². The molecular weight excluding hydrogens is 400 g/mol. The van der Waals surface area contributed by atoms with E-state index in [1.165, 1.54) is 6.07 Å². The zero-order chi connectivity index (χ0) is 21.1. The van der Waals surface area contributed by atoms with Crippen LogP contribution < -0.4 is 16.0 Å². The van der Waals surface area contributed by atoms with Crippen molar-refractivity contribution in [2.45, 2.75) is 48.5 Å². The lowest BCUT2D eigenvalue weighted by molar-refractivity contribution is -0.134. The van der Waals surface area contributed by atoms with Crippen LogP contribution in [-0.2, 0) is 9.59 Å². The number of carbonyl (C=O) groups excluding carboxylic acids is 2. The predicted octanol–water partition coefficient (Wildman–Crippen LogP) is 2.33. The number of hydrogen-bond donors (Lipinski definition) is 3. The molecule has 28 heavy (non-hydrogen) atoms. The summed E-state index contributed by atoms with van der Waals surface area (Å²) < 4.78 is 51.4. The highest BCUT2D eigenvalue weighted by Gasteiger charge is 2.33. The van der Waals surface area contributed by atoms with Gasteiger partial charge in [-0.2, -0.15) is 13.2 Å². The highest BCUT2D eigenvalue weighted by molar-refractivity contribution is 8.00. The Morgan fingerprint density at radius 2 is 2.07 bits per heavy atom. The van der Waals surface area contributed by atoms with Crippen LogP contribution in [-0.4, -0.2) is 48.6 Å². The van der Waals surface area contributed by atoms with Gasteiger partial charge >= 0.3 is 5.51 Å². The van der Waals surface area contributed by atoms with E-state index in [2.05, 4.69) is 16.0 Å². The largest absolute Gasteiger partial charge is 0.446 e. The van der Waals surface area contributed by atoms with E-state index in [-0.39, 0.29) is 12.3 Å². The van der Waals surface area contributed by atoms with Crippen LogP contribution in [0.25, 0.3) is 0 Å². The second-order valence-electron chi connectivity index (χ2n) is 6.56. The maximum Gasteiger partial charge on any atom is 0.446 e. The molecule has 2 amide bonds. The van der Waals surface area contributed by atoms with Gasteiger partial charge in [-0.05, 0) is 50.0 Å². The minimum atomic E-state index is -4.59. The molecule has 0 aliphatic carbocycles. The highest BCUT2D eigenvalue weighted by atomic mass is 32.2. The number of halogens is 4. The molecule has 2 unspecified atom stereocenters. The molecule has 1 saturated heterocycles. The summed E-state index contributed by atoms with van der Waals surface area (Å²) in [6.45, 7) is 1.75.